The standard InChI is InChI=1S/C27H30N4O2/c1-21-7-9-22(10-8-21)25(20-30-15-17-33-18-16-30)29-27(32)12-11-23-19-31(14-4-13-28)26-6-3-2-5-24(23)26/h2-3,5-12,19,25H,4,14-18,20H2,1H3,(H,29,32)/b12-11+. The molecule has 170 valence electrons. The maximum absolute atomic E-state index is 12.9. The molecule has 4 rings (SSSR count). The van der Waals surface area contributed by atoms with Crippen LogP contribution >= 0.6 is 0 Å². The molecule has 1 unspecified atom stereocenters. The Morgan fingerprint density at radius 3 is 2.70 bits per heavy atom. The van der Waals surface area contributed by atoms with Gasteiger partial charge in [0.2, 0.25) is 5.91 Å². The highest BCUT2D eigenvalue weighted by Gasteiger charge is 2.19. The first-order valence-electron chi connectivity index (χ1n) is 11.4. The number of nitrogens with one attached hydrogen (secondary N) is 1. The van der Waals surface area contributed by atoms with Gasteiger partial charge in [0.05, 0.1) is 31.7 Å². The Balaban J connectivity index is 1.51. The first-order valence-corrected chi connectivity index (χ1v) is 11.4. The van der Waals surface area contributed by atoms with E-state index in [2.05, 4.69) is 52.0 Å². The van der Waals surface area contributed by atoms with E-state index >= 15 is 0 Å². The molecule has 3 aromatic rings. The van der Waals surface area contributed by atoms with Crippen LogP contribution in [0.5, 0.6) is 0 Å². The van der Waals surface area contributed by atoms with E-state index < -0.39 is 0 Å². The number of ether oxygens (including phenoxy) is 1. The Labute approximate surface area is 195 Å². The first-order chi connectivity index (χ1) is 16.1. The molecule has 0 spiro atoms. The molecular formula is C27H30N4O2. The monoisotopic (exact) mass is 442 g/mol. The molecule has 2 heterocycles. The highest BCUT2D eigenvalue weighted by molar-refractivity contribution is 5.96. The van der Waals surface area contributed by atoms with Crippen molar-refractivity contribution in [3.8, 4) is 6.07 Å². The molecule has 1 fully saturated rings. The predicted molar refractivity (Wildman–Crippen MR) is 131 cm³/mol. The van der Waals surface area contributed by atoms with Crippen molar-refractivity contribution >= 4 is 22.9 Å². The summed E-state index contributed by atoms with van der Waals surface area (Å²) in [6.07, 6.45) is 5.93. The highest BCUT2D eigenvalue weighted by Crippen LogP contribution is 2.23. The lowest BCUT2D eigenvalue weighted by atomic mass is 10.0. The summed E-state index contributed by atoms with van der Waals surface area (Å²) < 4.78 is 7.55. The number of amides is 1. The largest absolute Gasteiger partial charge is 0.379 e. The summed E-state index contributed by atoms with van der Waals surface area (Å²) >= 11 is 0. The lowest BCUT2D eigenvalue weighted by molar-refractivity contribution is -0.117. The van der Waals surface area contributed by atoms with E-state index in [1.54, 1.807) is 6.08 Å². The molecule has 0 saturated carbocycles. The van der Waals surface area contributed by atoms with Gasteiger partial charge in [-0.15, -0.1) is 0 Å². The number of nitriles is 1. The molecule has 1 saturated heterocycles. The molecule has 6 nitrogen and oxygen atoms in total. The third-order valence-electron chi connectivity index (χ3n) is 6.04. The van der Waals surface area contributed by atoms with Gasteiger partial charge in [0.25, 0.3) is 0 Å². The topological polar surface area (TPSA) is 70.3 Å². The summed E-state index contributed by atoms with van der Waals surface area (Å²) in [6.45, 7) is 6.64. The SMILES string of the molecule is Cc1ccc(C(CN2CCOCC2)NC(=O)/C=C/c2cn(CCC#N)c3ccccc23)cc1. The summed E-state index contributed by atoms with van der Waals surface area (Å²) in [7, 11) is 0. The van der Waals surface area contributed by atoms with Gasteiger partial charge in [-0.1, -0.05) is 48.0 Å². The lowest BCUT2D eigenvalue weighted by Crippen LogP contribution is -2.42. The van der Waals surface area contributed by atoms with E-state index in [0.29, 0.717) is 13.0 Å². The van der Waals surface area contributed by atoms with E-state index in [1.165, 1.54) is 5.56 Å². The summed E-state index contributed by atoms with van der Waals surface area (Å²) in [5, 5.41) is 13.2. The van der Waals surface area contributed by atoms with Crippen molar-refractivity contribution in [2.75, 3.05) is 32.8 Å². The van der Waals surface area contributed by atoms with Gasteiger partial charge in [0.1, 0.15) is 0 Å². The predicted octanol–water partition coefficient (Wildman–Crippen LogP) is 4.07. The fraction of sp³-hybridized carbons (Fsp3) is 0.333. The Morgan fingerprint density at radius 1 is 1.18 bits per heavy atom. The molecule has 1 aliphatic heterocycles. The van der Waals surface area contributed by atoms with Crippen LogP contribution in [-0.4, -0.2) is 48.2 Å². The van der Waals surface area contributed by atoms with Crippen molar-refractivity contribution in [2.45, 2.75) is 25.9 Å². The van der Waals surface area contributed by atoms with Crippen LogP contribution in [0.4, 0.5) is 0 Å². The zero-order valence-corrected chi connectivity index (χ0v) is 19.0. The average molecular weight is 443 g/mol. The number of morpholine rings is 1. The fourth-order valence-electron chi connectivity index (χ4n) is 4.22. The molecule has 33 heavy (non-hydrogen) atoms. The van der Waals surface area contributed by atoms with Gasteiger partial charge in [0, 0.05) is 54.9 Å². The minimum Gasteiger partial charge on any atom is -0.379 e. The van der Waals surface area contributed by atoms with Crippen LogP contribution in [0, 0.1) is 18.3 Å². The Kier molecular flexibility index (Phi) is 7.56. The number of fused-ring (bicyclic) bond motifs is 1. The zero-order chi connectivity index (χ0) is 23.0. The number of benzene rings is 2. The lowest BCUT2D eigenvalue weighted by Gasteiger charge is -2.31. The smallest absolute Gasteiger partial charge is 0.244 e. The van der Waals surface area contributed by atoms with E-state index in [9.17, 15) is 4.79 Å². The number of carbonyl (C=O) groups excluding carboxylic acids is 1. The first kappa shape index (κ1) is 22.8. The third kappa shape index (κ3) is 5.89. The molecule has 2 aromatic carbocycles. The molecule has 1 aliphatic rings. The molecular weight excluding hydrogens is 412 g/mol. The van der Waals surface area contributed by atoms with Crippen molar-refractivity contribution in [2.24, 2.45) is 0 Å². The second kappa shape index (κ2) is 11.0. The second-order valence-electron chi connectivity index (χ2n) is 8.42. The minimum absolute atomic E-state index is 0.0992. The zero-order valence-electron chi connectivity index (χ0n) is 19.0. The number of aryl methyl sites for hydroxylation is 2. The van der Waals surface area contributed by atoms with E-state index in [1.807, 2.05) is 36.5 Å². The maximum Gasteiger partial charge on any atom is 0.244 e. The minimum atomic E-state index is -0.123. The molecule has 6 heteroatoms. The van der Waals surface area contributed by atoms with E-state index in [4.69, 9.17) is 10.00 Å². The van der Waals surface area contributed by atoms with Gasteiger partial charge in [-0.2, -0.15) is 5.26 Å². The van der Waals surface area contributed by atoms with Crippen LogP contribution in [0.1, 0.15) is 29.2 Å². The van der Waals surface area contributed by atoms with Gasteiger partial charge in [-0.05, 0) is 24.6 Å². The molecule has 0 radical (unpaired) electrons. The van der Waals surface area contributed by atoms with Gasteiger partial charge < -0.3 is 14.6 Å². The van der Waals surface area contributed by atoms with Crippen LogP contribution in [0.15, 0.2) is 60.8 Å². The van der Waals surface area contributed by atoms with E-state index in [0.717, 1.165) is 54.9 Å². The van der Waals surface area contributed by atoms with Crippen LogP contribution in [-0.2, 0) is 16.1 Å². The molecule has 0 bridgehead atoms. The van der Waals surface area contributed by atoms with Gasteiger partial charge >= 0.3 is 0 Å². The van der Waals surface area contributed by atoms with Gasteiger partial charge in [-0.3, -0.25) is 9.69 Å². The number of nitrogens with zero attached hydrogens (tertiary/aromatic N) is 3. The van der Waals surface area contributed by atoms with Crippen LogP contribution < -0.4 is 5.32 Å². The van der Waals surface area contributed by atoms with E-state index in [-0.39, 0.29) is 11.9 Å². The molecule has 0 aliphatic carbocycles. The van der Waals surface area contributed by atoms with Gasteiger partial charge in [-0.25, -0.2) is 0 Å². The summed E-state index contributed by atoms with van der Waals surface area (Å²) in [4.78, 5) is 15.3. The fourth-order valence-corrected chi connectivity index (χ4v) is 4.22. The van der Waals surface area contributed by atoms with Crippen molar-refractivity contribution in [3.05, 3.63) is 77.5 Å². The number of aromatic nitrogens is 1. The Hall–Kier alpha value is -3.40. The molecule has 1 atom stereocenters. The molecule has 1 amide bonds. The van der Waals surface area contributed by atoms with Gasteiger partial charge in [0.15, 0.2) is 0 Å². The number of rotatable bonds is 8. The average Bonchev–Trinajstić information content (AvgIpc) is 3.20. The highest BCUT2D eigenvalue weighted by atomic mass is 16.5. The van der Waals surface area contributed by atoms with Crippen LogP contribution in [0.25, 0.3) is 17.0 Å². The Bertz CT molecular complexity index is 1150. The van der Waals surface area contributed by atoms with Crippen molar-refractivity contribution < 1.29 is 9.53 Å². The third-order valence-corrected chi connectivity index (χ3v) is 6.04. The quantitative estimate of drug-likeness (QED) is 0.534. The van der Waals surface area contributed by atoms with Crippen molar-refractivity contribution in [1.29, 1.82) is 5.26 Å². The Morgan fingerprint density at radius 2 is 1.94 bits per heavy atom. The number of para-hydroxylation sites is 1. The summed E-state index contributed by atoms with van der Waals surface area (Å²) in [5.41, 5.74) is 4.33. The normalized spacial score (nSPS) is 15.5. The van der Waals surface area contributed by atoms with Crippen molar-refractivity contribution in [3.63, 3.8) is 0 Å². The number of carbonyl (C=O) groups is 1. The summed E-state index contributed by atoms with van der Waals surface area (Å²) in [5.74, 6) is -0.123. The van der Waals surface area contributed by atoms with Crippen molar-refractivity contribution in [1.82, 2.24) is 14.8 Å². The van der Waals surface area contributed by atoms with Crippen LogP contribution in [0.3, 0.4) is 0 Å². The molecule has 1 aromatic heterocycles. The number of hydrogen-bond acceptors (Lipinski definition) is 4. The second-order valence-corrected chi connectivity index (χ2v) is 8.42. The molecule has 1 N–H and O–H groups in total. The maximum atomic E-state index is 12.9. The summed E-state index contributed by atoms with van der Waals surface area (Å²) in [6, 6.07) is 18.5. The van der Waals surface area contributed by atoms with Crippen LogP contribution in [0.2, 0.25) is 0 Å². The number of hydrogen-bond donors (Lipinski definition) is 1.